The molecule has 1 rings (SSSR count). The van der Waals surface area contributed by atoms with E-state index in [4.69, 9.17) is 5.73 Å². The molecule has 2 nitrogen and oxygen atoms in total. The average Bonchev–Trinajstić information content (AvgIpc) is 2.47. The van der Waals surface area contributed by atoms with Crippen molar-refractivity contribution in [2.45, 2.75) is 50.7 Å². The zero-order chi connectivity index (χ0) is 9.90. The predicted octanol–water partition coefficient (Wildman–Crippen LogP) is 1.61. The number of halogens is 1. The SMILES string of the molecule is CCC1CCC(N)(CC(O)CF)C1. The molecule has 0 spiro atoms. The van der Waals surface area contributed by atoms with Gasteiger partial charge in [-0.1, -0.05) is 13.3 Å². The van der Waals surface area contributed by atoms with Gasteiger partial charge in [-0.25, -0.2) is 4.39 Å². The van der Waals surface area contributed by atoms with E-state index in [1.165, 1.54) is 0 Å². The molecule has 1 aliphatic rings. The van der Waals surface area contributed by atoms with Crippen molar-refractivity contribution in [2.75, 3.05) is 6.67 Å². The predicted molar refractivity (Wildman–Crippen MR) is 51.1 cm³/mol. The Kier molecular flexibility index (Phi) is 3.68. The minimum absolute atomic E-state index is 0.299. The molecule has 78 valence electrons. The highest BCUT2D eigenvalue weighted by Crippen LogP contribution is 2.37. The summed E-state index contributed by atoms with van der Waals surface area (Å²) in [6.07, 6.45) is 3.71. The maximum Gasteiger partial charge on any atom is 0.115 e. The lowest BCUT2D eigenvalue weighted by Gasteiger charge is -2.26. The molecule has 3 N–H and O–H groups in total. The third-order valence-corrected chi connectivity index (χ3v) is 3.14. The Morgan fingerprint density at radius 3 is 2.85 bits per heavy atom. The molecule has 13 heavy (non-hydrogen) atoms. The first kappa shape index (κ1) is 10.9. The van der Waals surface area contributed by atoms with E-state index in [1.54, 1.807) is 0 Å². The number of nitrogens with two attached hydrogens (primary N) is 1. The second-order valence-electron chi connectivity index (χ2n) is 4.39. The summed E-state index contributed by atoms with van der Waals surface area (Å²) in [6, 6.07) is 0. The molecule has 3 heteroatoms. The number of hydrogen-bond donors (Lipinski definition) is 2. The molecular weight excluding hydrogens is 169 g/mol. The van der Waals surface area contributed by atoms with Crippen molar-refractivity contribution >= 4 is 0 Å². The van der Waals surface area contributed by atoms with Gasteiger partial charge in [-0.2, -0.15) is 0 Å². The van der Waals surface area contributed by atoms with Gasteiger partial charge >= 0.3 is 0 Å². The molecule has 0 bridgehead atoms. The first-order valence-corrected chi connectivity index (χ1v) is 5.12. The van der Waals surface area contributed by atoms with Crippen molar-refractivity contribution in [3.63, 3.8) is 0 Å². The topological polar surface area (TPSA) is 46.2 Å². The summed E-state index contributed by atoms with van der Waals surface area (Å²) in [4.78, 5) is 0. The Morgan fingerprint density at radius 1 is 1.69 bits per heavy atom. The molecular formula is C10H20FNO. The molecule has 0 aromatic rings. The Balaban J connectivity index is 2.40. The van der Waals surface area contributed by atoms with Crippen molar-refractivity contribution < 1.29 is 9.50 Å². The van der Waals surface area contributed by atoms with Crippen LogP contribution in [-0.4, -0.2) is 23.4 Å². The maximum atomic E-state index is 12.1. The first-order valence-electron chi connectivity index (χ1n) is 5.12. The van der Waals surface area contributed by atoms with Crippen molar-refractivity contribution in [3.8, 4) is 0 Å². The molecule has 0 aromatic carbocycles. The first-order chi connectivity index (χ1) is 6.09. The van der Waals surface area contributed by atoms with E-state index in [0.717, 1.165) is 25.7 Å². The van der Waals surface area contributed by atoms with Gasteiger partial charge in [0.1, 0.15) is 6.67 Å². The zero-order valence-electron chi connectivity index (χ0n) is 8.30. The van der Waals surface area contributed by atoms with Gasteiger partial charge in [0.25, 0.3) is 0 Å². The molecule has 1 saturated carbocycles. The molecule has 0 saturated heterocycles. The Morgan fingerprint density at radius 2 is 2.38 bits per heavy atom. The van der Waals surface area contributed by atoms with Crippen LogP contribution in [0.2, 0.25) is 0 Å². The lowest BCUT2D eigenvalue weighted by atomic mass is 9.90. The van der Waals surface area contributed by atoms with Crippen LogP contribution in [-0.2, 0) is 0 Å². The van der Waals surface area contributed by atoms with E-state index in [2.05, 4.69) is 6.92 Å². The summed E-state index contributed by atoms with van der Waals surface area (Å²) < 4.78 is 12.1. The van der Waals surface area contributed by atoms with Crippen molar-refractivity contribution in [1.82, 2.24) is 0 Å². The molecule has 1 aliphatic carbocycles. The van der Waals surface area contributed by atoms with Gasteiger partial charge in [0.15, 0.2) is 0 Å². The second kappa shape index (κ2) is 4.38. The average molecular weight is 189 g/mol. The molecule has 3 atom stereocenters. The largest absolute Gasteiger partial charge is 0.390 e. The highest BCUT2D eigenvalue weighted by atomic mass is 19.1. The number of rotatable bonds is 4. The van der Waals surface area contributed by atoms with Crippen LogP contribution in [0, 0.1) is 5.92 Å². The highest BCUT2D eigenvalue weighted by Gasteiger charge is 2.36. The van der Waals surface area contributed by atoms with Gasteiger partial charge in [0.05, 0.1) is 6.10 Å². The van der Waals surface area contributed by atoms with Crippen molar-refractivity contribution in [2.24, 2.45) is 11.7 Å². The van der Waals surface area contributed by atoms with Crippen molar-refractivity contribution in [1.29, 1.82) is 0 Å². The van der Waals surface area contributed by atoms with E-state index in [9.17, 15) is 9.50 Å². The molecule has 0 aromatic heterocycles. The van der Waals surface area contributed by atoms with Crippen LogP contribution in [0.3, 0.4) is 0 Å². The van der Waals surface area contributed by atoms with E-state index in [-0.39, 0.29) is 5.54 Å². The van der Waals surface area contributed by atoms with Gasteiger partial charge in [-0.3, -0.25) is 0 Å². The van der Waals surface area contributed by atoms with E-state index in [1.807, 2.05) is 0 Å². The van der Waals surface area contributed by atoms with Gasteiger partial charge in [0, 0.05) is 5.54 Å². The lowest BCUT2D eigenvalue weighted by molar-refractivity contribution is 0.103. The third-order valence-electron chi connectivity index (χ3n) is 3.14. The fourth-order valence-corrected chi connectivity index (χ4v) is 2.33. The minimum Gasteiger partial charge on any atom is -0.390 e. The lowest BCUT2D eigenvalue weighted by Crippen LogP contribution is -2.41. The fourth-order valence-electron chi connectivity index (χ4n) is 2.33. The minimum atomic E-state index is -0.861. The summed E-state index contributed by atoms with van der Waals surface area (Å²) in [6.45, 7) is 1.48. The van der Waals surface area contributed by atoms with Crippen molar-refractivity contribution in [3.05, 3.63) is 0 Å². The molecule has 0 radical (unpaired) electrons. The van der Waals surface area contributed by atoms with Crippen LogP contribution in [0.5, 0.6) is 0 Å². The van der Waals surface area contributed by atoms with Crippen LogP contribution in [0.1, 0.15) is 39.0 Å². The second-order valence-corrected chi connectivity index (χ2v) is 4.39. The normalized spacial score (nSPS) is 36.5. The molecule has 0 heterocycles. The van der Waals surface area contributed by atoms with Gasteiger partial charge in [0.2, 0.25) is 0 Å². The summed E-state index contributed by atoms with van der Waals surface area (Å²) in [7, 11) is 0. The van der Waals surface area contributed by atoms with Gasteiger partial charge < -0.3 is 10.8 Å². The van der Waals surface area contributed by atoms with Crippen LogP contribution in [0.4, 0.5) is 4.39 Å². The highest BCUT2D eigenvalue weighted by molar-refractivity contribution is 4.94. The summed E-state index contributed by atoms with van der Waals surface area (Å²) >= 11 is 0. The summed E-state index contributed by atoms with van der Waals surface area (Å²) in [5.74, 6) is 0.678. The number of aliphatic hydroxyl groups is 1. The third kappa shape index (κ3) is 2.92. The summed E-state index contributed by atoms with van der Waals surface area (Å²) in [5.41, 5.74) is 5.78. The fraction of sp³-hybridized carbons (Fsp3) is 1.00. The Hall–Kier alpha value is -0.150. The number of aliphatic hydroxyl groups excluding tert-OH is 1. The standard InChI is InChI=1S/C10H20FNO/c1-2-8-3-4-10(12,5-8)6-9(13)7-11/h8-9,13H,2-7,12H2,1H3. The van der Waals surface area contributed by atoms with Crippen LogP contribution < -0.4 is 5.73 Å². The smallest absolute Gasteiger partial charge is 0.115 e. The quantitative estimate of drug-likeness (QED) is 0.706. The number of alkyl halides is 1. The molecule has 3 unspecified atom stereocenters. The van der Waals surface area contributed by atoms with Gasteiger partial charge in [-0.05, 0) is 31.6 Å². The van der Waals surface area contributed by atoms with Crippen LogP contribution >= 0.6 is 0 Å². The maximum absolute atomic E-state index is 12.1. The molecule has 1 fully saturated rings. The molecule has 0 aliphatic heterocycles. The number of hydrogen-bond acceptors (Lipinski definition) is 2. The van der Waals surface area contributed by atoms with Crippen LogP contribution in [0.25, 0.3) is 0 Å². The van der Waals surface area contributed by atoms with E-state index >= 15 is 0 Å². The van der Waals surface area contributed by atoms with E-state index in [0.29, 0.717) is 12.3 Å². The monoisotopic (exact) mass is 189 g/mol. The Bertz CT molecular complexity index is 165. The molecule has 0 amide bonds. The Labute approximate surface area is 79.3 Å². The summed E-state index contributed by atoms with van der Waals surface area (Å²) in [5, 5.41) is 9.19. The van der Waals surface area contributed by atoms with Crippen LogP contribution in [0.15, 0.2) is 0 Å². The van der Waals surface area contributed by atoms with Gasteiger partial charge in [-0.15, -0.1) is 0 Å². The van der Waals surface area contributed by atoms with E-state index < -0.39 is 12.8 Å². The zero-order valence-corrected chi connectivity index (χ0v) is 8.30.